The Balaban J connectivity index is 2.40. The van der Waals surface area contributed by atoms with Gasteiger partial charge in [-0.2, -0.15) is 5.26 Å². The maximum atomic E-state index is 13.5. The number of anilines is 1. The minimum Gasteiger partial charge on any atom is -0.444 e. The summed E-state index contributed by atoms with van der Waals surface area (Å²) >= 11 is 0. The standard InChI is InChI=1S/C26H32N4O4/c1-17-11-10-12-18(2)21(17)29-23(31)22(20-13-8-7-9-14-20)30(16-15-27)24(32)19(3)28-25(33)34-26(4,5)6/h7-14,19,22H,16H2,1-6H3,(H,28,33)(H,29,31). The summed E-state index contributed by atoms with van der Waals surface area (Å²) in [6, 6.07) is 14.3. The van der Waals surface area contributed by atoms with Gasteiger partial charge in [-0.15, -0.1) is 0 Å². The van der Waals surface area contributed by atoms with Crippen molar-refractivity contribution in [1.82, 2.24) is 10.2 Å². The second-order valence-electron chi connectivity index (χ2n) is 9.06. The quantitative estimate of drug-likeness (QED) is 0.595. The van der Waals surface area contributed by atoms with Gasteiger partial charge in [0.2, 0.25) is 5.91 Å². The number of nitriles is 1. The number of nitrogens with zero attached hydrogens (tertiary/aromatic N) is 2. The number of nitrogens with one attached hydrogen (secondary N) is 2. The second-order valence-corrected chi connectivity index (χ2v) is 9.06. The minimum absolute atomic E-state index is 0.348. The molecule has 2 unspecified atom stereocenters. The fraction of sp³-hybridized carbons (Fsp3) is 0.385. The Morgan fingerprint density at radius 1 is 1.03 bits per heavy atom. The molecule has 0 saturated heterocycles. The van der Waals surface area contributed by atoms with Gasteiger partial charge < -0.3 is 20.3 Å². The van der Waals surface area contributed by atoms with Crippen molar-refractivity contribution in [1.29, 1.82) is 5.26 Å². The van der Waals surface area contributed by atoms with Gasteiger partial charge in [-0.3, -0.25) is 9.59 Å². The lowest BCUT2D eigenvalue weighted by Crippen LogP contribution is -2.51. The highest BCUT2D eigenvalue weighted by Gasteiger charge is 2.35. The second kappa shape index (κ2) is 11.3. The summed E-state index contributed by atoms with van der Waals surface area (Å²) in [6.45, 7) is 10.0. The van der Waals surface area contributed by atoms with E-state index in [9.17, 15) is 19.6 Å². The Labute approximate surface area is 200 Å². The largest absolute Gasteiger partial charge is 0.444 e. The van der Waals surface area contributed by atoms with Crippen molar-refractivity contribution in [2.75, 3.05) is 11.9 Å². The van der Waals surface area contributed by atoms with Crippen LogP contribution in [0.3, 0.4) is 0 Å². The average Bonchev–Trinajstić information content (AvgIpc) is 2.75. The lowest BCUT2D eigenvalue weighted by atomic mass is 10.0. The molecule has 0 fully saturated rings. The van der Waals surface area contributed by atoms with Gasteiger partial charge in [0.15, 0.2) is 0 Å². The molecule has 2 N–H and O–H groups in total. The van der Waals surface area contributed by atoms with Crippen molar-refractivity contribution < 1.29 is 19.1 Å². The molecule has 3 amide bonds. The Morgan fingerprint density at radius 3 is 2.15 bits per heavy atom. The van der Waals surface area contributed by atoms with Crippen molar-refractivity contribution in [3.63, 3.8) is 0 Å². The van der Waals surface area contributed by atoms with Crippen LogP contribution < -0.4 is 10.6 Å². The molecule has 0 spiro atoms. The lowest BCUT2D eigenvalue weighted by Gasteiger charge is -2.32. The Bertz CT molecular complexity index is 1050. The average molecular weight is 465 g/mol. The topological polar surface area (TPSA) is 112 Å². The van der Waals surface area contributed by atoms with Crippen LogP contribution in [-0.2, 0) is 14.3 Å². The van der Waals surface area contributed by atoms with E-state index >= 15 is 0 Å². The number of hydrogen-bond donors (Lipinski definition) is 2. The molecule has 0 aliphatic carbocycles. The maximum Gasteiger partial charge on any atom is 0.408 e. The molecule has 0 saturated carbocycles. The summed E-state index contributed by atoms with van der Waals surface area (Å²) < 4.78 is 5.23. The minimum atomic E-state index is -1.09. The van der Waals surface area contributed by atoms with Gasteiger partial charge in [0, 0.05) is 5.69 Å². The molecule has 0 heterocycles. The van der Waals surface area contributed by atoms with Crippen LogP contribution >= 0.6 is 0 Å². The molecule has 0 bridgehead atoms. The SMILES string of the molecule is Cc1cccc(C)c1NC(=O)C(c1ccccc1)N(CC#N)C(=O)C(C)NC(=O)OC(C)(C)C. The van der Waals surface area contributed by atoms with Crippen LogP contribution in [0.5, 0.6) is 0 Å². The molecule has 8 nitrogen and oxygen atoms in total. The number of ether oxygens (including phenoxy) is 1. The van der Waals surface area contributed by atoms with Gasteiger partial charge >= 0.3 is 6.09 Å². The normalized spacial score (nSPS) is 12.6. The number of aryl methyl sites for hydroxylation is 2. The molecule has 0 radical (unpaired) electrons. The van der Waals surface area contributed by atoms with Crippen molar-refractivity contribution in [3.05, 3.63) is 65.2 Å². The van der Waals surface area contributed by atoms with E-state index in [0.717, 1.165) is 11.1 Å². The summed E-state index contributed by atoms with van der Waals surface area (Å²) in [4.78, 5) is 40.3. The van der Waals surface area contributed by atoms with Crippen molar-refractivity contribution >= 4 is 23.6 Å². The lowest BCUT2D eigenvalue weighted by molar-refractivity contribution is -0.139. The van der Waals surface area contributed by atoms with Gasteiger partial charge in [-0.05, 0) is 58.2 Å². The Kier molecular flexibility index (Phi) is 8.79. The van der Waals surface area contributed by atoms with Crippen LogP contribution in [0, 0.1) is 25.2 Å². The molecule has 0 aliphatic rings. The molecule has 2 rings (SSSR count). The predicted octanol–water partition coefficient (Wildman–Crippen LogP) is 4.25. The summed E-state index contributed by atoms with van der Waals surface area (Å²) in [7, 11) is 0. The van der Waals surface area contributed by atoms with E-state index < -0.39 is 35.6 Å². The number of rotatable bonds is 7. The van der Waals surface area contributed by atoms with Crippen molar-refractivity contribution in [3.8, 4) is 6.07 Å². The fourth-order valence-electron chi connectivity index (χ4n) is 3.48. The first kappa shape index (κ1) is 26.4. The van der Waals surface area contributed by atoms with Crippen LogP contribution in [0.25, 0.3) is 0 Å². The predicted molar refractivity (Wildman–Crippen MR) is 130 cm³/mol. The molecule has 8 heteroatoms. The Morgan fingerprint density at radius 2 is 1.62 bits per heavy atom. The van der Waals surface area contributed by atoms with Crippen molar-refractivity contribution in [2.45, 2.75) is 59.2 Å². The number of alkyl carbamates (subject to hydrolysis) is 1. The first-order chi connectivity index (χ1) is 15.9. The molecule has 180 valence electrons. The zero-order valence-electron chi connectivity index (χ0n) is 20.5. The molecule has 2 aromatic rings. The van der Waals surface area contributed by atoms with Crippen LogP contribution in [0.2, 0.25) is 0 Å². The number of hydrogen-bond acceptors (Lipinski definition) is 5. The highest BCUT2D eigenvalue weighted by molar-refractivity contribution is 5.99. The van der Waals surface area contributed by atoms with E-state index in [1.54, 1.807) is 51.1 Å². The summed E-state index contributed by atoms with van der Waals surface area (Å²) in [5, 5.41) is 14.9. The summed E-state index contributed by atoms with van der Waals surface area (Å²) in [5.41, 5.74) is 2.20. The van der Waals surface area contributed by atoms with Gasteiger partial charge in [0.25, 0.3) is 5.91 Å². The Hall–Kier alpha value is -3.86. The molecule has 0 aliphatic heterocycles. The van der Waals surface area contributed by atoms with Crippen LogP contribution in [0.4, 0.5) is 10.5 Å². The smallest absolute Gasteiger partial charge is 0.408 e. The highest BCUT2D eigenvalue weighted by Crippen LogP contribution is 2.26. The van der Waals surface area contributed by atoms with Crippen LogP contribution in [0.1, 0.15) is 50.4 Å². The number of amides is 3. The molecular weight excluding hydrogens is 432 g/mol. The summed E-state index contributed by atoms with van der Waals surface area (Å²) in [5.74, 6) is -1.05. The van der Waals surface area contributed by atoms with Gasteiger partial charge in [0.1, 0.15) is 24.2 Å². The molecule has 34 heavy (non-hydrogen) atoms. The highest BCUT2D eigenvalue weighted by atomic mass is 16.6. The molecule has 0 aromatic heterocycles. The number of carbonyl (C=O) groups is 3. The number of benzene rings is 2. The number of para-hydroxylation sites is 1. The van der Waals surface area contributed by atoms with E-state index in [2.05, 4.69) is 10.6 Å². The van der Waals surface area contributed by atoms with Crippen LogP contribution in [-0.4, -0.2) is 41.0 Å². The third-order valence-corrected chi connectivity index (χ3v) is 5.03. The van der Waals surface area contributed by atoms with Crippen molar-refractivity contribution in [2.24, 2.45) is 0 Å². The van der Waals surface area contributed by atoms with Gasteiger partial charge in [-0.25, -0.2) is 4.79 Å². The first-order valence-electron chi connectivity index (χ1n) is 11.0. The third kappa shape index (κ3) is 7.07. The molecule has 2 aromatic carbocycles. The zero-order valence-corrected chi connectivity index (χ0v) is 20.5. The van der Waals surface area contributed by atoms with E-state index in [0.29, 0.717) is 11.3 Å². The molecular formula is C26H32N4O4. The van der Waals surface area contributed by atoms with E-state index in [-0.39, 0.29) is 6.54 Å². The van der Waals surface area contributed by atoms with Crippen LogP contribution in [0.15, 0.2) is 48.5 Å². The van der Waals surface area contributed by atoms with Gasteiger partial charge in [0.05, 0.1) is 6.07 Å². The zero-order chi connectivity index (χ0) is 25.5. The first-order valence-corrected chi connectivity index (χ1v) is 11.0. The van der Waals surface area contributed by atoms with E-state index in [1.807, 2.05) is 38.1 Å². The number of carbonyl (C=O) groups excluding carboxylic acids is 3. The van der Waals surface area contributed by atoms with Gasteiger partial charge in [-0.1, -0.05) is 48.5 Å². The van der Waals surface area contributed by atoms with E-state index in [1.165, 1.54) is 11.8 Å². The third-order valence-electron chi connectivity index (χ3n) is 5.03. The molecule has 2 atom stereocenters. The fourth-order valence-corrected chi connectivity index (χ4v) is 3.48. The monoisotopic (exact) mass is 464 g/mol. The van der Waals surface area contributed by atoms with E-state index in [4.69, 9.17) is 4.74 Å². The summed E-state index contributed by atoms with van der Waals surface area (Å²) in [6.07, 6.45) is -0.762. The maximum absolute atomic E-state index is 13.5.